The van der Waals surface area contributed by atoms with Gasteiger partial charge in [0.05, 0.1) is 12.2 Å². The van der Waals surface area contributed by atoms with Gasteiger partial charge in [0.2, 0.25) is 0 Å². The van der Waals surface area contributed by atoms with Gasteiger partial charge in [-0.3, -0.25) is 4.90 Å². The Bertz CT molecular complexity index is 373. The summed E-state index contributed by atoms with van der Waals surface area (Å²) in [5.74, 6) is 0.990. The maximum absolute atomic E-state index is 9.79. The highest BCUT2D eigenvalue weighted by Crippen LogP contribution is 2.26. The Morgan fingerprint density at radius 2 is 1.73 bits per heavy atom. The van der Waals surface area contributed by atoms with Gasteiger partial charge in [-0.1, -0.05) is 32.6 Å². The first kappa shape index (κ1) is 22.1. The van der Waals surface area contributed by atoms with E-state index in [2.05, 4.69) is 12.2 Å². The standard InChI is InChI=1S/C20H40N2O4/c1-2-16-8-3-4-9-17(16)21-10-6-5-7-15(14-23)11-22-12-18(24)20(26)19(25)13-22/h15-21,23-26H,2-14H2,1H3/t15-,16?,17?,18?,19?,20?/m0/s1. The molecule has 1 saturated heterocycles. The first-order valence-electron chi connectivity index (χ1n) is 10.7. The normalized spacial score (nSPS) is 34.7. The number of hydrogen-bond acceptors (Lipinski definition) is 6. The second kappa shape index (κ2) is 11.6. The van der Waals surface area contributed by atoms with Crippen molar-refractivity contribution in [3.05, 3.63) is 0 Å². The molecule has 1 aliphatic heterocycles. The number of hydrogen-bond donors (Lipinski definition) is 5. The minimum Gasteiger partial charge on any atom is -0.396 e. The fourth-order valence-electron chi connectivity index (χ4n) is 4.64. The van der Waals surface area contributed by atoms with Gasteiger partial charge in [0.25, 0.3) is 0 Å². The van der Waals surface area contributed by atoms with Crippen LogP contribution in [0, 0.1) is 11.8 Å². The van der Waals surface area contributed by atoms with Crippen LogP contribution >= 0.6 is 0 Å². The topological polar surface area (TPSA) is 96.2 Å². The first-order valence-corrected chi connectivity index (χ1v) is 10.7. The van der Waals surface area contributed by atoms with Crippen molar-refractivity contribution >= 4 is 0 Å². The van der Waals surface area contributed by atoms with Crippen LogP contribution in [-0.2, 0) is 0 Å². The number of aliphatic hydroxyl groups excluding tert-OH is 4. The van der Waals surface area contributed by atoms with Crippen LogP contribution in [0.4, 0.5) is 0 Å². The van der Waals surface area contributed by atoms with Gasteiger partial charge in [-0.25, -0.2) is 0 Å². The van der Waals surface area contributed by atoms with E-state index in [1.807, 2.05) is 4.90 Å². The van der Waals surface area contributed by atoms with Crippen molar-refractivity contribution in [3.63, 3.8) is 0 Å². The second-order valence-electron chi connectivity index (χ2n) is 8.40. The number of nitrogens with one attached hydrogen (secondary N) is 1. The number of unbranched alkanes of at least 4 members (excludes halogenated alkanes) is 1. The Labute approximate surface area is 158 Å². The molecular formula is C20H40N2O4. The van der Waals surface area contributed by atoms with E-state index >= 15 is 0 Å². The van der Waals surface area contributed by atoms with Crippen LogP contribution in [0.25, 0.3) is 0 Å². The van der Waals surface area contributed by atoms with Crippen LogP contribution in [0.5, 0.6) is 0 Å². The molecule has 154 valence electrons. The van der Waals surface area contributed by atoms with Crippen molar-refractivity contribution in [3.8, 4) is 0 Å². The third-order valence-electron chi connectivity index (χ3n) is 6.33. The summed E-state index contributed by atoms with van der Waals surface area (Å²) in [7, 11) is 0. The van der Waals surface area contributed by atoms with Gasteiger partial charge in [0, 0.05) is 32.3 Å². The molecule has 5 atom stereocenters. The summed E-state index contributed by atoms with van der Waals surface area (Å²) in [4.78, 5) is 1.95. The lowest BCUT2D eigenvalue weighted by atomic mass is 9.83. The average molecular weight is 373 g/mol. The van der Waals surface area contributed by atoms with Crippen LogP contribution in [-0.4, -0.2) is 82.5 Å². The molecule has 1 saturated carbocycles. The lowest BCUT2D eigenvalue weighted by Crippen LogP contribution is -2.56. The van der Waals surface area contributed by atoms with E-state index in [4.69, 9.17) is 0 Å². The molecule has 0 aromatic heterocycles. The highest BCUT2D eigenvalue weighted by Gasteiger charge is 2.33. The van der Waals surface area contributed by atoms with E-state index in [9.17, 15) is 20.4 Å². The van der Waals surface area contributed by atoms with Gasteiger partial charge in [0.15, 0.2) is 0 Å². The Balaban J connectivity index is 1.61. The highest BCUT2D eigenvalue weighted by atomic mass is 16.4. The summed E-state index contributed by atoms with van der Waals surface area (Å²) in [5, 5.41) is 42.6. The molecule has 26 heavy (non-hydrogen) atoms. The number of likely N-dealkylation sites (tertiary alicyclic amines) is 1. The number of rotatable bonds is 10. The van der Waals surface area contributed by atoms with Crippen molar-refractivity contribution in [2.24, 2.45) is 11.8 Å². The highest BCUT2D eigenvalue weighted by molar-refractivity contribution is 4.87. The van der Waals surface area contributed by atoms with Crippen LogP contribution in [0.3, 0.4) is 0 Å². The molecule has 0 radical (unpaired) electrons. The summed E-state index contributed by atoms with van der Waals surface area (Å²) in [6, 6.07) is 0.685. The van der Waals surface area contributed by atoms with E-state index in [0.29, 0.717) is 25.7 Å². The van der Waals surface area contributed by atoms with Crippen molar-refractivity contribution in [2.45, 2.75) is 82.6 Å². The van der Waals surface area contributed by atoms with E-state index in [0.717, 1.165) is 31.7 Å². The molecule has 2 aliphatic rings. The number of nitrogens with zero attached hydrogens (tertiary/aromatic N) is 1. The fourth-order valence-corrected chi connectivity index (χ4v) is 4.64. The van der Waals surface area contributed by atoms with Crippen LogP contribution in [0.2, 0.25) is 0 Å². The fraction of sp³-hybridized carbons (Fsp3) is 1.00. The van der Waals surface area contributed by atoms with Gasteiger partial charge in [-0.2, -0.15) is 0 Å². The monoisotopic (exact) mass is 372 g/mol. The molecule has 0 bridgehead atoms. The van der Waals surface area contributed by atoms with Crippen LogP contribution < -0.4 is 5.32 Å². The lowest BCUT2D eigenvalue weighted by Gasteiger charge is -2.38. The molecule has 0 amide bonds. The molecule has 6 heteroatoms. The van der Waals surface area contributed by atoms with Gasteiger partial charge < -0.3 is 25.7 Å². The van der Waals surface area contributed by atoms with E-state index in [1.165, 1.54) is 32.1 Å². The maximum atomic E-state index is 9.79. The third-order valence-corrected chi connectivity index (χ3v) is 6.33. The lowest BCUT2D eigenvalue weighted by molar-refractivity contribution is -0.112. The van der Waals surface area contributed by atoms with Crippen molar-refractivity contribution < 1.29 is 20.4 Å². The zero-order chi connectivity index (χ0) is 18.9. The summed E-state index contributed by atoms with van der Waals surface area (Å²) < 4.78 is 0. The van der Waals surface area contributed by atoms with Gasteiger partial charge in [-0.15, -0.1) is 0 Å². The third kappa shape index (κ3) is 6.73. The smallest absolute Gasteiger partial charge is 0.108 e. The molecule has 6 nitrogen and oxygen atoms in total. The minimum absolute atomic E-state index is 0.124. The number of aliphatic hydroxyl groups is 4. The predicted octanol–water partition coefficient (Wildman–Crippen LogP) is 0.722. The molecule has 0 spiro atoms. The Morgan fingerprint density at radius 3 is 2.38 bits per heavy atom. The Morgan fingerprint density at radius 1 is 1.04 bits per heavy atom. The first-order chi connectivity index (χ1) is 12.5. The Kier molecular flexibility index (Phi) is 9.81. The van der Waals surface area contributed by atoms with Crippen molar-refractivity contribution in [1.82, 2.24) is 10.2 Å². The summed E-state index contributed by atoms with van der Waals surface area (Å²) in [6.07, 6.45) is 6.93. The molecule has 1 heterocycles. The predicted molar refractivity (Wildman–Crippen MR) is 103 cm³/mol. The molecule has 4 unspecified atom stereocenters. The van der Waals surface area contributed by atoms with Crippen LogP contribution in [0.15, 0.2) is 0 Å². The molecule has 2 fully saturated rings. The molecular weight excluding hydrogens is 332 g/mol. The van der Waals surface area contributed by atoms with Gasteiger partial charge >= 0.3 is 0 Å². The number of β-amino-alcohol motifs (C(OH)–C–C–N with tert-alkyl or cyclic N) is 2. The van der Waals surface area contributed by atoms with Crippen molar-refractivity contribution in [2.75, 3.05) is 32.8 Å². The summed E-state index contributed by atoms with van der Waals surface area (Å²) in [6.45, 7) is 4.84. The van der Waals surface area contributed by atoms with Gasteiger partial charge in [0.1, 0.15) is 6.10 Å². The molecule has 0 aromatic carbocycles. The zero-order valence-electron chi connectivity index (χ0n) is 16.4. The molecule has 5 N–H and O–H groups in total. The van der Waals surface area contributed by atoms with Gasteiger partial charge in [-0.05, 0) is 44.1 Å². The minimum atomic E-state index is -1.06. The second-order valence-corrected chi connectivity index (χ2v) is 8.40. The Hall–Kier alpha value is -0.240. The molecule has 2 rings (SSSR count). The van der Waals surface area contributed by atoms with E-state index in [-0.39, 0.29) is 12.5 Å². The number of piperidine rings is 1. The zero-order valence-corrected chi connectivity index (χ0v) is 16.4. The molecule has 0 aromatic rings. The summed E-state index contributed by atoms with van der Waals surface area (Å²) >= 11 is 0. The maximum Gasteiger partial charge on any atom is 0.108 e. The van der Waals surface area contributed by atoms with E-state index in [1.54, 1.807) is 0 Å². The van der Waals surface area contributed by atoms with Crippen molar-refractivity contribution in [1.29, 1.82) is 0 Å². The van der Waals surface area contributed by atoms with Crippen LogP contribution in [0.1, 0.15) is 58.3 Å². The SMILES string of the molecule is CCC1CCCCC1NCCCC[C@H](CO)CN1CC(O)C(O)C(O)C1. The largest absolute Gasteiger partial charge is 0.396 e. The average Bonchev–Trinajstić information content (AvgIpc) is 2.65. The quantitative estimate of drug-likeness (QED) is 0.363. The summed E-state index contributed by atoms with van der Waals surface area (Å²) in [5.41, 5.74) is 0. The molecule has 1 aliphatic carbocycles. The van der Waals surface area contributed by atoms with E-state index < -0.39 is 18.3 Å².